The molecule has 7 aromatic carbocycles. The lowest BCUT2D eigenvalue weighted by molar-refractivity contribution is 0.536. The quantitative estimate of drug-likeness (QED) is 0.157. The number of allylic oxidation sites excluding steroid dienone is 1. The summed E-state index contributed by atoms with van der Waals surface area (Å²) in [4.78, 5) is 2.57. The zero-order valence-corrected chi connectivity index (χ0v) is 31.2. The summed E-state index contributed by atoms with van der Waals surface area (Å²) in [6.07, 6.45) is 7.18. The van der Waals surface area contributed by atoms with E-state index < -0.39 is 0 Å². The molecule has 0 radical (unpaired) electrons. The average Bonchev–Trinajstić information content (AvgIpc) is 3.67. The third kappa shape index (κ3) is 5.31. The first-order valence-corrected chi connectivity index (χ1v) is 19.5. The van der Waals surface area contributed by atoms with Crippen molar-refractivity contribution in [3.05, 3.63) is 187 Å². The van der Waals surface area contributed by atoms with Gasteiger partial charge in [0.05, 0.1) is 17.1 Å². The number of nitrogens with zero attached hydrogens (tertiary/aromatic N) is 2. The van der Waals surface area contributed by atoms with Crippen LogP contribution >= 0.6 is 0 Å². The fourth-order valence-electron chi connectivity index (χ4n) is 9.21. The third-order valence-electron chi connectivity index (χ3n) is 12.1. The molecular weight excluding hydrogens is 653 g/mol. The number of aromatic nitrogens is 1. The van der Waals surface area contributed by atoms with E-state index in [-0.39, 0.29) is 5.41 Å². The van der Waals surface area contributed by atoms with Crippen molar-refractivity contribution in [1.82, 2.24) is 4.57 Å². The Hall–Kier alpha value is -6.12. The summed E-state index contributed by atoms with van der Waals surface area (Å²) < 4.78 is 2.40. The highest BCUT2D eigenvalue weighted by Crippen LogP contribution is 2.50. The van der Waals surface area contributed by atoms with Gasteiger partial charge in [-0.15, -0.1) is 0 Å². The van der Waals surface area contributed by atoms with Crippen LogP contribution in [0.1, 0.15) is 44.7 Å². The van der Waals surface area contributed by atoms with Gasteiger partial charge in [0.15, 0.2) is 0 Å². The normalized spacial score (nSPS) is 17.1. The first kappa shape index (κ1) is 32.5. The van der Waals surface area contributed by atoms with Crippen LogP contribution in [0.3, 0.4) is 0 Å². The van der Waals surface area contributed by atoms with Crippen LogP contribution in [-0.4, -0.2) is 10.6 Å². The number of anilines is 2. The summed E-state index contributed by atoms with van der Waals surface area (Å²) in [6, 6.07) is 61.0. The van der Waals surface area contributed by atoms with Gasteiger partial charge in [0, 0.05) is 33.2 Å². The largest absolute Gasteiger partial charge is 0.335 e. The highest BCUT2D eigenvalue weighted by atomic mass is 15.2. The topological polar surface area (TPSA) is 8.17 Å². The van der Waals surface area contributed by atoms with Crippen molar-refractivity contribution in [3.63, 3.8) is 0 Å². The standard InChI is InChI=1S/C52H44N2/c1-35-17-24-40(25-18-35)53(43-30-31-45-44-13-7-9-15-48(44)52(2,3)49(45)34-43)41-26-21-38(22-27-41)39-23-32-51-47(33-39)46-14-8-10-16-50(46)54(51)42-28-19-37(20-29-42)36-11-5-4-6-12-36/h4-17,19-24,26-35,40H,18,25H2,1-3H3. The molecule has 54 heavy (non-hydrogen) atoms. The molecule has 0 fully saturated rings. The van der Waals surface area contributed by atoms with Gasteiger partial charge in [-0.3, -0.25) is 0 Å². The average molecular weight is 697 g/mol. The molecule has 2 heteroatoms. The zero-order valence-electron chi connectivity index (χ0n) is 31.2. The summed E-state index contributed by atoms with van der Waals surface area (Å²) in [7, 11) is 0. The molecule has 2 aliphatic carbocycles. The molecule has 1 heterocycles. The Bertz CT molecular complexity index is 2690. The predicted molar refractivity (Wildman–Crippen MR) is 229 cm³/mol. The Balaban J connectivity index is 1.02. The minimum absolute atomic E-state index is 0.0399. The van der Waals surface area contributed by atoms with Gasteiger partial charge in [-0.25, -0.2) is 0 Å². The molecule has 1 aromatic heterocycles. The minimum Gasteiger partial charge on any atom is -0.335 e. The molecular formula is C52H44N2. The van der Waals surface area contributed by atoms with Crippen LogP contribution in [0, 0.1) is 5.92 Å². The molecule has 0 saturated carbocycles. The monoisotopic (exact) mass is 696 g/mol. The van der Waals surface area contributed by atoms with Gasteiger partial charge in [0.1, 0.15) is 0 Å². The molecule has 0 amide bonds. The van der Waals surface area contributed by atoms with Crippen molar-refractivity contribution < 1.29 is 0 Å². The first-order chi connectivity index (χ1) is 26.4. The maximum Gasteiger partial charge on any atom is 0.0541 e. The van der Waals surface area contributed by atoms with Gasteiger partial charge in [-0.1, -0.05) is 142 Å². The van der Waals surface area contributed by atoms with Crippen LogP contribution in [0.25, 0.3) is 60.9 Å². The number of para-hydroxylation sites is 1. The lowest BCUT2D eigenvalue weighted by Crippen LogP contribution is -2.32. The Labute approximate surface area is 318 Å². The lowest BCUT2D eigenvalue weighted by atomic mass is 9.82. The van der Waals surface area contributed by atoms with Crippen molar-refractivity contribution in [3.8, 4) is 39.1 Å². The van der Waals surface area contributed by atoms with Crippen LogP contribution in [0.5, 0.6) is 0 Å². The maximum atomic E-state index is 2.57. The second-order valence-electron chi connectivity index (χ2n) is 15.8. The van der Waals surface area contributed by atoms with Crippen LogP contribution in [0.2, 0.25) is 0 Å². The van der Waals surface area contributed by atoms with Gasteiger partial charge in [0.2, 0.25) is 0 Å². The zero-order chi connectivity index (χ0) is 36.4. The molecule has 0 saturated heterocycles. The van der Waals surface area contributed by atoms with Crippen molar-refractivity contribution in [2.45, 2.75) is 45.1 Å². The summed E-state index contributed by atoms with van der Waals surface area (Å²) in [6.45, 7) is 7.08. The van der Waals surface area contributed by atoms with Crippen LogP contribution in [0.15, 0.2) is 176 Å². The number of hydrogen-bond acceptors (Lipinski definition) is 1. The molecule has 8 aromatic rings. The van der Waals surface area contributed by atoms with Gasteiger partial charge < -0.3 is 9.47 Å². The van der Waals surface area contributed by atoms with Crippen molar-refractivity contribution in [2.24, 2.45) is 5.92 Å². The highest BCUT2D eigenvalue weighted by Gasteiger charge is 2.36. The SMILES string of the molecule is CC1C=CC(N(c2ccc(-c3ccc4c(c3)c3ccccc3n4-c3ccc(-c4ccccc4)cc3)cc2)c2ccc3c(c2)C(C)(C)c2ccccc2-3)CC1. The molecule has 0 N–H and O–H groups in total. The molecule has 0 bridgehead atoms. The summed E-state index contributed by atoms with van der Waals surface area (Å²) in [5.41, 5.74) is 16.5. The first-order valence-electron chi connectivity index (χ1n) is 19.5. The Kier molecular flexibility index (Phi) is 7.70. The van der Waals surface area contributed by atoms with E-state index in [0.29, 0.717) is 12.0 Å². The van der Waals surface area contributed by atoms with E-state index in [4.69, 9.17) is 0 Å². The van der Waals surface area contributed by atoms with E-state index in [1.54, 1.807) is 0 Å². The van der Waals surface area contributed by atoms with Gasteiger partial charge in [0.25, 0.3) is 0 Å². The molecule has 2 unspecified atom stereocenters. The number of hydrogen-bond donors (Lipinski definition) is 0. The second-order valence-corrected chi connectivity index (χ2v) is 15.8. The fraction of sp³-hybridized carbons (Fsp3) is 0.154. The second kappa shape index (κ2) is 12.8. The van der Waals surface area contributed by atoms with Crippen LogP contribution in [0.4, 0.5) is 11.4 Å². The lowest BCUT2D eigenvalue weighted by Gasteiger charge is -2.35. The van der Waals surface area contributed by atoms with Crippen LogP contribution < -0.4 is 4.90 Å². The van der Waals surface area contributed by atoms with Crippen molar-refractivity contribution in [1.29, 1.82) is 0 Å². The Morgan fingerprint density at radius 3 is 1.93 bits per heavy atom. The summed E-state index contributed by atoms with van der Waals surface area (Å²) in [5, 5.41) is 2.54. The molecule has 2 nitrogen and oxygen atoms in total. The molecule has 0 aliphatic heterocycles. The van der Waals surface area contributed by atoms with E-state index in [0.717, 1.165) is 6.42 Å². The van der Waals surface area contributed by atoms with Gasteiger partial charge in [-0.05, 0) is 118 Å². The van der Waals surface area contributed by atoms with Gasteiger partial charge in [-0.2, -0.15) is 0 Å². The van der Waals surface area contributed by atoms with Crippen molar-refractivity contribution in [2.75, 3.05) is 4.90 Å². The Morgan fingerprint density at radius 2 is 1.13 bits per heavy atom. The molecule has 0 spiro atoms. The number of fused-ring (bicyclic) bond motifs is 6. The smallest absolute Gasteiger partial charge is 0.0541 e. The molecule has 10 rings (SSSR count). The van der Waals surface area contributed by atoms with Crippen LogP contribution in [-0.2, 0) is 5.41 Å². The maximum absolute atomic E-state index is 2.57. The molecule has 2 aliphatic rings. The number of benzene rings is 7. The van der Waals surface area contributed by atoms with Gasteiger partial charge >= 0.3 is 0 Å². The minimum atomic E-state index is -0.0399. The Morgan fingerprint density at radius 1 is 0.500 bits per heavy atom. The van der Waals surface area contributed by atoms with E-state index in [9.17, 15) is 0 Å². The summed E-state index contributed by atoms with van der Waals surface area (Å²) in [5.74, 6) is 0.619. The molecule has 2 atom stereocenters. The highest BCUT2D eigenvalue weighted by molar-refractivity contribution is 6.10. The van der Waals surface area contributed by atoms with E-state index >= 15 is 0 Å². The fourth-order valence-corrected chi connectivity index (χ4v) is 9.21. The summed E-state index contributed by atoms with van der Waals surface area (Å²) >= 11 is 0. The number of rotatable bonds is 6. The predicted octanol–water partition coefficient (Wildman–Crippen LogP) is 13.9. The molecule has 262 valence electrons. The van der Waals surface area contributed by atoms with E-state index in [2.05, 4.69) is 206 Å². The van der Waals surface area contributed by atoms with Crippen molar-refractivity contribution >= 4 is 33.2 Å². The van der Waals surface area contributed by atoms with E-state index in [1.807, 2.05) is 0 Å². The van der Waals surface area contributed by atoms with E-state index in [1.165, 1.54) is 89.8 Å². The third-order valence-corrected chi connectivity index (χ3v) is 12.1.